The Balaban J connectivity index is 1.19. The number of methoxy groups -OCH3 is 1. The van der Waals surface area contributed by atoms with Gasteiger partial charge in [-0.3, -0.25) is 4.90 Å². The molecule has 5 aliphatic heterocycles. The zero-order valence-corrected chi connectivity index (χ0v) is 23.7. The van der Waals surface area contributed by atoms with Crippen LogP contribution in [-0.2, 0) is 11.3 Å². The van der Waals surface area contributed by atoms with Crippen LogP contribution in [0.3, 0.4) is 0 Å². The second-order valence-corrected chi connectivity index (χ2v) is 11.6. The van der Waals surface area contributed by atoms with E-state index < -0.39 is 0 Å². The molecule has 7 rings (SSSR count). The first-order chi connectivity index (χ1) is 19.9. The molecule has 41 heavy (non-hydrogen) atoms. The molecule has 2 bridgehead atoms. The Morgan fingerprint density at radius 1 is 1.22 bits per heavy atom. The number of hydrogen-bond acceptors (Lipinski definition) is 9. The summed E-state index contributed by atoms with van der Waals surface area (Å²) in [6.07, 6.45) is 13.0. The van der Waals surface area contributed by atoms with Gasteiger partial charge in [0.25, 0.3) is 0 Å². The van der Waals surface area contributed by atoms with Gasteiger partial charge in [0.05, 0.1) is 30.6 Å². The zero-order valence-electron chi connectivity index (χ0n) is 23.7. The molecule has 0 radical (unpaired) electrons. The Labute approximate surface area is 241 Å². The maximum absolute atomic E-state index is 9.70. The number of piperidine rings is 1. The number of rotatable bonds is 7. The van der Waals surface area contributed by atoms with Crippen molar-refractivity contribution in [2.45, 2.75) is 50.9 Å². The average Bonchev–Trinajstić information content (AvgIpc) is 3.00. The molecule has 2 unspecified atom stereocenters. The molecule has 3 saturated heterocycles. The SMILES string of the molecule is COc1ccc(CN2C3CC2CN(c2ccc(C4=CC(C5=CCOC(C)(C)C5)=CN/C4=C(/C#N)C=N)cn2)C3)cn1. The summed E-state index contributed by atoms with van der Waals surface area (Å²) in [6, 6.07) is 11.3. The molecule has 9 heteroatoms. The van der Waals surface area contributed by atoms with Crippen molar-refractivity contribution in [2.24, 2.45) is 0 Å². The van der Waals surface area contributed by atoms with E-state index in [1.165, 1.54) is 17.6 Å². The van der Waals surface area contributed by atoms with E-state index in [2.05, 4.69) is 70.4 Å². The van der Waals surface area contributed by atoms with Gasteiger partial charge < -0.3 is 25.1 Å². The fourth-order valence-electron chi connectivity index (χ4n) is 6.16. The highest BCUT2D eigenvalue weighted by molar-refractivity contribution is 5.93. The molecule has 0 amide bonds. The van der Waals surface area contributed by atoms with Gasteiger partial charge in [-0.2, -0.15) is 5.26 Å². The predicted molar refractivity (Wildman–Crippen MR) is 158 cm³/mol. The van der Waals surface area contributed by atoms with Gasteiger partial charge in [0, 0.05) is 80.1 Å². The maximum atomic E-state index is 9.70. The lowest BCUT2D eigenvalue weighted by atomic mass is 9.86. The Morgan fingerprint density at radius 3 is 2.68 bits per heavy atom. The molecular weight excluding hydrogens is 514 g/mol. The molecule has 2 aromatic heterocycles. The van der Waals surface area contributed by atoms with E-state index >= 15 is 0 Å². The first kappa shape index (κ1) is 26.9. The van der Waals surface area contributed by atoms with Gasteiger partial charge in [0.15, 0.2) is 0 Å². The minimum absolute atomic E-state index is 0.235. The van der Waals surface area contributed by atoms with Crippen LogP contribution in [0.2, 0.25) is 0 Å². The summed E-state index contributed by atoms with van der Waals surface area (Å²) in [5, 5.41) is 20.8. The molecule has 7 heterocycles. The molecule has 2 aromatic rings. The number of nitrogens with one attached hydrogen (secondary N) is 2. The van der Waals surface area contributed by atoms with Gasteiger partial charge in [0.1, 0.15) is 11.9 Å². The number of piperazine rings is 1. The minimum atomic E-state index is -0.235. The lowest BCUT2D eigenvalue weighted by Gasteiger charge is -2.56. The third kappa shape index (κ3) is 5.41. The Kier molecular flexibility index (Phi) is 7.20. The van der Waals surface area contributed by atoms with Crippen molar-refractivity contribution < 1.29 is 9.47 Å². The summed E-state index contributed by atoms with van der Waals surface area (Å²) < 4.78 is 11.1. The van der Waals surface area contributed by atoms with Gasteiger partial charge in [0.2, 0.25) is 5.88 Å². The summed E-state index contributed by atoms with van der Waals surface area (Å²) in [6.45, 7) is 7.53. The van der Waals surface area contributed by atoms with E-state index in [1.807, 2.05) is 24.7 Å². The van der Waals surface area contributed by atoms with Gasteiger partial charge in [-0.1, -0.05) is 12.1 Å². The summed E-state index contributed by atoms with van der Waals surface area (Å²) in [7, 11) is 1.63. The standard InChI is InChI=1S/C32H35N7O2/c1-32(2)12-22(8-9-41-32)24-10-28(31(37-17-24)25(13-33)14-34)23-5-6-29(35-16-23)38-19-26-11-27(20-38)39(26)18-21-4-7-30(40-3)36-15-21/h4-8,10,13,15-17,26-27,33,37H,9,11-12,18-20H2,1-3H3/b31-25+,33-13?. The van der Waals surface area contributed by atoms with Gasteiger partial charge >= 0.3 is 0 Å². The highest BCUT2D eigenvalue weighted by Gasteiger charge is 2.44. The Hall–Kier alpha value is -4.26. The largest absolute Gasteiger partial charge is 0.481 e. The number of fused-ring (bicyclic) bond motifs is 2. The lowest BCUT2D eigenvalue weighted by Crippen LogP contribution is -2.68. The Morgan fingerprint density at radius 2 is 2.05 bits per heavy atom. The first-order valence-corrected chi connectivity index (χ1v) is 14.0. The number of pyridine rings is 2. The number of nitriles is 1. The molecule has 5 aliphatic rings. The molecule has 0 saturated carbocycles. The second-order valence-electron chi connectivity index (χ2n) is 11.6. The third-order valence-electron chi connectivity index (χ3n) is 8.37. The van der Waals surface area contributed by atoms with Crippen LogP contribution in [0.1, 0.15) is 37.8 Å². The van der Waals surface area contributed by atoms with Crippen LogP contribution in [0.4, 0.5) is 5.82 Å². The smallest absolute Gasteiger partial charge is 0.212 e. The molecule has 2 atom stereocenters. The maximum Gasteiger partial charge on any atom is 0.212 e. The van der Waals surface area contributed by atoms with Gasteiger partial charge in [-0.25, -0.2) is 9.97 Å². The highest BCUT2D eigenvalue weighted by atomic mass is 16.5. The van der Waals surface area contributed by atoms with Crippen molar-refractivity contribution in [1.29, 1.82) is 10.7 Å². The number of dihydropyridines is 1. The van der Waals surface area contributed by atoms with Crippen LogP contribution in [-0.4, -0.2) is 65.6 Å². The number of ether oxygens (including phenoxy) is 2. The molecule has 0 aliphatic carbocycles. The van der Waals surface area contributed by atoms with Crippen molar-refractivity contribution in [2.75, 3.05) is 31.7 Å². The van der Waals surface area contributed by atoms with Crippen molar-refractivity contribution in [1.82, 2.24) is 20.2 Å². The summed E-state index contributed by atoms with van der Waals surface area (Å²) in [5.41, 5.74) is 5.87. The molecule has 0 spiro atoms. The third-order valence-corrected chi connectivity index (χ3v) is 8.37. The number of aromatic nitrogens is 2. The Bertz CT molecular complexity index is 1480. The minimum Gasteiger partial charge on any atom is -0.481 e. The van der Waals surface area contributed by atoms with Crippen LogP contribution in [0.25, 0.3) is 5.57 Å². The second kappa shape index (κ2) is 11.0. The lowest BCUT2D eigenvalue weighted by molar-refractivity contribution is -0.00881. The van der Waals surface area contributed by atoms with E-state index in [1.54, 1.807) is 7.11 Å². The van der Waals surface area contributed by atoms with Crippen LogP contribution >= 0.6 is 0 Å². The molecular formula is C32H35N7O2. The fraction of sp³-hybridized carbons (Fsp3) is 0.375. The molecule has 0 aromatic carbocycles. The molecule has 3 fully saturated rings. The van der Waals surface area contributed by atoms with Crippen molar-refractivity contribution in [3.05, 3.63) is 88.6 Å². The summed E-state index contributed by atoms with van der Waals surface area (Å²) >= 11 is 0. The van der Waals surface area contributed by atoms with E-state index in [0.29, 0.717) is 30.3 Å². The van der Waals surface area contributed by atoms with E-state index in [-0.39, 0.29) is 11.2 Å². The van der Waals surface area contributed by atoms with Crippen LogP contribution in [0, 0.1) is 16.7 Å². The average molecular weight is 550 g/mol. The highest BCUT2D eigenvalue weighted by Crippen LogP contribution is 2.37. The van der Waals surface area contributed by atoms with Crippen molar-refractivity contribution in [3.8, 4) is 11.9 Å². The quantitative estimate of drug-likeness (QED) is 0.387. The van der Waals surface area contributed by atoms with E-state index in [9.17, 15) is 5.26 Å². The molecule has 210 valence electrons. The normalized spacial score (nSPS) is 24.5. The fourth-order valence-corrected chi connectivity index (χ4v) is 6.16. The van der Waals surface area contributed by atoms with Gasteiger partial charge in [-0.15, -0.1) is 0 Å². The molecule has 2 N–H and O–H groups in total. The zero-order chi connectivity index (χ0) is 28.6. The number of anilines is 1. The van der Waals surface area contributed by atoms with Crippen LogP contribution in [0.15, 0.2) is 77.4 Å². The van der Waals surface area contributed by atoms with Gasteiger partial charge in [-0.05, 0) is 55.2 Å². The number of nitrogens with zero attached hydrogens (tertiary/aromatic N) is 5. The number of allylic oxidation sites excluding steroid dienone is 4. The predicted octanol–water partition coefficient (Wildman–Crippen LogP) is 4.37. The van der Waals surface area contributed by atoms with Crippen LogP contribution < -0.4 is 15.0 Å². The van der Waals surface area contributed by atoms with Crippen LogP contribution in [0.5, 0.6) is 5.88 Å². The van der Waals surface area contributed by atoms with E-state index in [4.69, 9.17) is 19.9 Å². The topological polar surface area (TPSA) is 110 Å². The first-order valence-electron chi connectivity index (χ1n) is 14.0. The summed E-state index contributed by atoms with van der Waals surface area (Å²) in [4.78, 5) is 14.1. The van der Waals surface area contributed by atoms with E-state index in [0.717, 1.165) is 54.8 Å². The monoisotopic (exact) mass is 549 g/mol. The van der Waals surface area contributed by atoms with Crippen molar-refractivity contribution >= 4 is 17.6 Å². The number of hydrogen-bond donors (Lipinski definition) is 2. The van der Waals surface area contributed by atoms with Crippen molar-refractivity contribution in [3.63, 3.8) is 0 Å². The molecule has 9 nitrogen and oxygen atoms in total. The summed E-state index contributed by atoms with van der Waals surface area (Å²) in [5.74, 6) is 1.60.